The Bertz CT molecular complexity index is 1180. The Kier molecular flexibility index (Phi) is 8.03. The Hall–Kier alpha value is -3.38. The molecule has 0 bridgehead atoms. The first kappa shape index (κ1) is 24.7. The van der Waals surface area contributed by atoms with Crippen LogP contribution in [0.4, 0.5) is 5.69 Å². The van der Waals surface area contributed by atoms with Crippen LogP contribution >= 0.6 is 11.3 Å². The number of benzene rings is 2. The second kappa shape index (κ2) is 11.4. The molecule has 2 amide bonds. The molecule has 1 aliphatic heterocycles. The van der Waals surface area contributed by atoms with Crippen molar-refractivity contribution >= 4 is 34.9 Å². The average molecular weight is 488 g/mol. The molecule has 1 saturated heterocycles. The van der Waals surface area contributed by atoms with E-state index in [2.05, 4.69) is 46.7 Å². The van der Waals surface area contributed by atoms with E-state index in [4.69, 9.17) is 0 Å². The number of thiophene rings is 1. The van der Waals surface area contributed by atoms with Gasteiger partial charge in [-0.2, -0.15) is 0 Å². The van der Waals surface area contributed by atoms with Crippen molar-refractivity contribution in [1.82, 2.24) is 10.6 Å². The molecule has 1 atom stereocenters. The molecule has 2 aromatic carbocycles. The number of piperidine rings is 1. The summed E-state index contributed by atoms with van der Waals surface area (Å²) >= 11 is 1.51. The van der Waals surface area contributed by atoms with Crippen LogP contribution in [0.1, 0.15) is 59.1 Å². The maximum atomic E-state index is 13.2. The minimum Gasteiger partial charge on any atom is -0.372 e. The minimum atomic E-state index is -0.319. The van der Waals surface area contributed by atoms with Gasteiger partial charge in [-0.15, -0.1) is 11.3 Å². The first-order chi connectivity index (χ1) is 16.9. The van der Waals surface area contributed by atoms with E-state index in [0.717, 1.165) is 35.0 Å². The fraction of sp³-hybridized carbons (Fsp3) is 0.310. The number of nitrogens with zero attached hydrogens (tertiary/aromatic N) is 1. The lowest BCUT2D eigenvalue weighted by Gasteiger charge is -2.32. The van der Waals surface area contributed by atoms with Gasteiger partial charge in [0, 0.05) is 29.2 Å². The molecule has 0 unspecified atom stereocenters. The standard InChI is InChI=1S/C29H33N3O2S/c1-20-13-15-32(16-14-20)25-11-9-23(10-12-25)22(3)30-29(34)27(19-26-8-5-17-35-26)31-28(33)24-7-4-6-21(2)18-24/h4-12,17-20,22H,13-16H2,1-3H3,(H,30,34)(H,31,33)/b27-19-/t22-/m1/s1. The van der Waals surface area contributed by atoms with Gasteiger partial charge in [0.2, 0.25) is 0 Å². The Labute approximate surface area is 211 Å². The van der Waals surface area contributed by atoms with Gasteiger partial charge in [0.1, 0.15) is 5.70 Å². The smallest absolute Gasteiger partial charge is 0.268 e. The number of carbonyl (C=O) groups is 2. The molecule has 1 fully saturated rings. The van der Waals surface area contributed by atoms with Crippen LogP contribution in [0.25, 0.3) is 6.08 Å². The van der Waals surface area contributed by atoms with Crippen molar-refractivity contribution < 1.29 is 9.59 Å². The predicted molar refractivity (Wildman–Crippen MR) is 145 cm³/mol. The maximum Gasteiger partial charge on any atom is 0.268 e. The zero-order valence-electron chi connectivity index (χ0n) is 20.6. The van der Waals surface area contributed by atoms with E-state index in [1.165, 1.54) is 29.9 Å². The van der Waals surface area contributed by atoms with Crippen molar-refractivity contribution in [2.75, 3.05) is 18.0 Å². The molecule has 3 aromatic rings. The van der Waals surface area contributed by atoms with Gasteiger partial charge in [-0.05, 0) is 80.0 Å². The van der Waals surface area contributed by atoms with Gasteiger partial charge in [-0.1, -0.05) is 42.8 Å². The number of hydrogen-bond acceptors (Lipinski definition) is 4. The van der Waals surface area contributed by atoms with E-state index < -0.39 is 0 Å². The van der Waals surface area contributed by atoms with E-state index in [-0.39, 0.29) is 23.6 Å². The van der Waals surface area contributed by atoms with E-state index in [0.29, 0.717) is 5.56 Å². The van der Waals surface area contributed by atoms with E-state index in [9.17, 15) is 9.59 Å². The Balaban J connectivity index is 1.45. The summed E-state index contributed by atoms with van der Waals surface area (Å²) in [5.74, 6) is 0.170. The number of anilines is 1. The summed E-state index contributed by atoms with van der Waals surface area (Å²) < 4.78 is 0. The molecule has 182 valence electrons. The highest BCUT2D eigenvalue weighted by Gasteiger charge is 2.19. The molecule has 5 nitrogen and oxygen atoms in total. The van der Waals surface area contributed by atoms with Crippen LogP contribution in [0.2, 0.25) is 0 Å². The second-order valence-corrected chi connectivity index (χ2v) is 10.3. The van der Waals surface area contributed by atoms with Crippen LogP contribution in [-0.2, 0) is 4.79 Å². The molecule has 1 aromatic heterocycles. The van der Waals surface area contributed by atoms with E-state index in [1.807, 2.05) is 49.6 Å². The minimum absolute atomic E-state index is 0.208. The van der Waals surface area contributed by atoms with Gasteiger partial charge in [0.25, 0.3) is 11.8 Å². The monoisotopic (exact) mass is 487 g/mol. The van der Waals surface area contributed by atoms with Crippen LogP contribution < -0.4 is 15.5 Å². The predicted octanol–water partition coefficient (Wildman–Crippen LogP) is 5.94. The molecular formula is C29H33N3O2S. The first-order valence-corrected chi connectivity index (χ1v) is 13.1. The summed E-state index contributed by atoms with van der Waals surface area (Å²) in [7, 11) is 0. The molecule has 0 saturated carbocycles. The van der Waals surface area contributed by atoms with Gasteiger partial charge in [-0.3, -0.25) is 9.59 Å². The van der Waals surface area contributed by atoms with Crippen LogP contribution in [0.3, 0.4) is 0 Å². The van der Waals surface area contributed by atoms with Gasteiger partial charge in [0.05, 0.1) is 6.04 Å². The molecule has 0 spiro atoms. The topological polar surface area (TPSA) is 61.4 Å². The first-order valence-electron chi connectivity index (χ1n) is 12.2. The Morgan fingerprint density at radius 3 is 2.46 bits per heavy atom. The van der Waals surface area contributed by atoms with Crippen molar-refractivity contribution in [3.63, 3.8) is 0 Å². The molecule has 2 N–H and O–H groups in total. The quantitative estimate of drug-likeness (QED) is 0.406. The summed E-state index contributed by atoms with van der Waals surface area (Å²) in [6.45, 7) is 8.38. The van der Waals surface area contributed by atoms with Crippen LogP contribution in [0, 0.1) is 12.8 Å². The molecule has 35 heavy (non-hydrogen) atoms. The highest BCUT2D eigenvalue weighted by atomic mass is 32.1. The van der Waals surface area contributed by atoms with Crippen molar-refractivity contribution in [2.24, 2.45) is 5.92 Å². The van der Waals surface area contributed by atoms with E-state index >= 15 is 0 Å². The normalized spacial score (nSPS) is 15.5. The van der Waals surface area contributed by atoms with Gasteiger partial charge < -0.3 is 15.5 Å². The fourth-order valence-corrected chi connectivity index (χ4v) is 4.91. The van der Waals surface area contributed by atoms with Crippen molar-refractivity contribution in [3.8, 4) is 0 Å². The molecule has 1 aliphatic rings. The SMILES string of the molecule is Cc1cccc(C(=O)N/C(=C\c2cccs2)C(=O)N[C@H](C)c2ccc(N3CCC(C)CC3)cc2)c1. The lowest BCUT2D eigenvalue weighted by Crippen LogP contribution is -2.36. The molecule has 6 heteroatoms. The molecule has 2 heterocycles. The van der Waals surface area contributed by atoms with Crippen LogP contribution in [-0.4, -0.2) is 24.9 Å². The largest absolute Gasteiger partial charge is 0.372 e. The number of carbonyl (C=O) groups excluding carboxylic acids is 2. The summed E-state index contributed by atoms with van der Waals surface area (Å²) in [5.41, 5.74) is 3.98. The number of hydrogen-bond donors (Lipinski definition) is 2. The summed E-state index contributed by atoms with van der Waals surface area (Å²) in [6, 6.07) is 19.4. The number of amides is 2. The third-order valence-electron chi connectivity index (χ3n) is 6.49. The third-order valence-corrected chi connectivity index (χ3v) is 7.31. The van der Waals surface area contributed by atoms with Gasteiger partial charge >= 0.3 is 0 Å². The number of aryl methyl sites for hydroxylation is 1. The zero-order valence-corrected chi connectivity index (χ0v) is 21.4. The molecule has 0 aliphatic carbocycles. The summed E-state index contributed by atoms with van der Waals surface area (Å²) in [6.07, 6.45) is 4.17. The van der Waals surface area contributed by atoms with Crippen molar-refractivity contribution in [2.45, 2.75) is 39.7 Å². The highest BCUT2D eigenvalue weighted by Crippen LogP contribution is 2.25. The zero-order chi connectivity index (χ0) is 24.8. The number of nitrogens with one attached hydrogen (secondary N) is 2. The summed E-state index contributed by atoms with van der Waals surface area (Å²) in [4.78, 5) is 29.4. The second-order valence-electron chi connectivity index (χ2n) is 9.35. The van der Waals surface area contributed by atoms with Crippen LogP contribution in [0.5, 0.6) is 0 Å². The molecule has 0 radical (unpaired) electrons. The van der Waals surface area contributed by atoms with Crippen molar-refractivity contribution in [1.29, 1.82) is 0 Å². The van der Waals surface area contributed by atoms with Gasteiger partial charge in [0.15, 0.2) is 0 Å². The van der Waals surface area contributed by atoms with E-state index in [1.54, 1.807) is 12.1 Å². The number of rotatable bonds is 7. The third kappa shape index (κ3) is 6.61. The molecular weight excluding hydrogens is 454 g/mol. The van der Waals surface area contributed by atoms with Gasteiger partial charge in [-0.25, -0.2) is 0 Å². The maximum absolute atomic E-state index is 13.2. The molecule has 4 rings (SSSR count). The Morgan fingerprint density at radius 2 is 1.80 bits per heavy atom. The Morgan fingerprint density at radius 1 is 1.06 bits per heavy atom. The summed E-state index contributed by atoms with van der Waals surface area (Å²) in [5, 5.41) is 7.81. The fourth-order valence-electron chi connectivity index (χ4n) is 4.25. The van der Waals surface area contributed by atoms with Crippen LogP contribution in [0.15, 0.2) is 71.7 Å². The average Bonchev–Trinajstić information content (AvgIpc) is 3.37. The van der Waals surface area contributed by atoms with Crippen molar-refractivity contribution in [3.05, 3.63) is 93.3 Å². The lowest BCUT2D eigenvalue weighted by atomic mass is 9.98. The highest BCUT2D eigenvalue weighted by molar-refractivity contribution is 7.10. The lowest BCUT2D eigenvalue weighted by molar-refractivity contribution is -0.118.